The number of rotatable bonds is 41. The molecule has 0 aliphatic carbocycles. The first-order chi connectivity index (χ1) is 29.3. The Morgan fingerprint density at radius 1 is 0.517 bits per heavy atom. The minimum absolute atomic E-state index is 0.0423. The van der Waals surface area contributed by atoms with Crippen molar-refractivity contribution in [2.45, 2.75) is 168 Å². The van der Waals surface area contributed by atoms with Crippen LogP contribution in [0.1, 0.15) is 162 Å². The fraction of sp³-hybridized carbons (Fsp3) is 0.600. The molecule has 2 atom stereocenters. The van der Waals surface area contributed by atoms with Crippen LogP contribution in [0.15, 0.2) is 109 Å². The average molecular weight is 856 g/mol. The van der Waals surface area contributed by atoms with Crippen molar-refractivity contribution in [3.63, 3.8) is 0 Å². The maximum Gasteiger partial charge on any atom is 0.472 e. The molecule has 0 aromatic heterocycles. The van der Waals surface area contributed by atoms with Crippen LogP contribution in [0.5, 0.6) is 0 Å². The van der Waals surface area contributed by atoms with Gasteiger partial charge in [0.05, 0.1) is 13.2 Å². The third kappa shape index (κ3) is 44.2. The molecule has 0 rings (SSSR count). The molecule has 0 heterocycles. The van der Waals surface area contributed by atoms with Crippen LogP contribution in [0.25, 0.3) is 0 Å². The van der Waals surface area contributed by atoms with Gasteiger partial charge in [-0.2, -0.15) is 0 Å². The van der Waals surface area contributed by atoms with Gasteiger partial charge in [0.25, 0.3) is 0 Å². The molecule has 340 valence electrons. The first-order valence-corrected chi connectivity index (χ1v) is 24.4. The van der Waals surface area contributed by atoms with Gasteiger partial charge in [0.2, 0.25) is 0 Å². The standard InChI is InChI=1S/C50H82NO8P/c1-3-5-7-9-11-13-14-15-16-17-18-19-20-21-22-23-24-25-26-27-28-29-30-31-32-33-34-35-37-39-41-43-50(53)59-48(47-58-60(54,55)57-45-44-51)46-56-49(52)42-40-38-36-12-10-8-6-4-2/h5,7,11,13,15-16,18-19,21-22,24-25,27-28,30-31,33-34,48H,3-4,6,8-10,12,14,17,20,23,26,29,32,35-47,51H2,1-2H3,(H,54,55)/b7-5-,13-11-,16-15-,19-18-,22-21-,25-24-,28-27-,31-30-,34-33-. The summed E-state index contributed by atoms with van der Waals surface area (Å²) in [6.07, 6.45) is 60.0. The minimum atomic E-state index is -4.39. The Kier molecular flexibility index (Phi) is 42.7. The monoisotopic (exact) mass is 856 g/mol. The highest BCUT2D eigenvalue weighted by Crippen LogP contribution is 2.43. The lowest BCUT2D eigenvalue weighted by molar-refractivity contribution is -0.161. The fourth-order valence-electron chi connectivity index (χ4n) is 5.57. The van der Waals surface area contributed by atoms with Gasteiger partial charge < -0.3 is 20.1 Å². The summed E-state index contributed by atoms with van der Waals surface area (Å²) in [5.41, 5.74) is 5.33. The number of carbonyl (C=O) groups is 2. The van der Waals surface area contributed by atoms with Crippen molar-refractivity contribution in [2.24, 2.45) is 5.73 Å². The van der Waals surface area contributed by atoms with E-state index in [1.54, 1.807) is 0 Å². The number of phosphoric ester groups is 1. The van der Waals surface area contributed by atoms with Gasteiger partial charge in [-0.1, -0.05) is 175 Å². The number of ether oxygens (including phenoxy) is 2. The number of hydrogen-bond acceptors (Lipinski definition) is 8. The minimum Gasteiger partial charge on any atom is -0.462 e. The third-order valence-corrected chi connectivity index (χ3v) is 9.91. The van der Waals surface area contributed by atoms with E-state index in [2.05, 4.69) is 123 Å². The quantitative estimate of drug-likeness (QED) is 0.0267. The zero-order valence-electron chi connectivity index (χ0n) is 37.4. The fourth-order valence-corrected chi connectivity index (χ4v) is 6.33. The van der Waals surface area contributed by atoms with E-state index in [0.29, 0.717) is 6.42 Å². The van der Waals surface area contributed by atoms with Crippen LogP contribution in [-0.4, -0.2) is 49.3 Å². The van der Waals surface area contributed by atoms with E-state index in [-0.39, 0.29) is 32.6 Å². The van der Waals surface area contributed by atoms with E-state index >= 15 is 0 Å². The van der Waals surface area contributed by atoms with Gasteiger partial charge in [0.1, 0.15) is 6.61 Å². The Morgan fingerprint density at radius 3 is 1.37 bits per heavy atom. The summed E-state index contributed by atoms with van der Waals surface area (Å²) in [6.45, 7) is 3.51. The average Bonchev–Trinajstić information content (AvgIpc) is 3.24. The number of carbonyl (C=O) groups excluding carboxylic acids is 2. The summed E-state index contributed by atoms with van der Waals surface area (Å²) >= 11 is 0. The first kappa shape index (κ1) is 56.7. The summed E-state index contributed by atoms with van der Waals surface area (Å²) in [7, 11) is -4.39. The normalized spacial score (nSPS) is 14.3. The third-order valence-electron chi connectivity index (χ3n) is 8.92. The van der Waals surface area contributed by atoms with Crippen molar-refractivity contribution in [1.82, 2.24) is 0 Å². The zero-order chi connectivity index (χ0) is 43.9. The molecule has 0 aromatic rings. The van der Waals surface area contributed by atoms with Crippen LogP contribution in [0.3, 0.4) is 0 Å². The highest BCUT2D eigenvalue weighted by Gasteiger charge is 2.26. The molecule has 10 heteroatoms. The molecule has 0 spiro atoms. The van der Waals surface area contributed by atoms with Crippen molar-refractivity contribution in [1.29, 1.82) is 0 Å². The van der Waals surface area contributed by atoms with Crippen LogP contribution in [-0.2, 0) is 32.7 Å². The summed E-state index contributed by atoms with van der Waals surface area (Å²) in [5.74, 6) is -0.882. The molecule has 3 N–H and O–H groups in total. The van der Waals surface area contributed by atoms with E-state index in [1.165, 1.54) is 32.1 Å². The molecule has 0 saturated heterocycles. The van der Waals surface area contributed by atoms with Crippen LogP contribution in [0.4, 0.5) is 0 Å². The zero-order valence-corrected chi connectivity index (χ0v) is 38.3. The Hall–Kier alpha value is -3.33. The highest BCUT2D eigenvalue weighted by atomic mass is 31.2. The topological polar surface area (TPSA) is 134 Å². The largest absolute Gasteiger partial charge is 0.472 e. The van der Waals surface area contributed by atoms with E-state index in [1.807, 2.05) is 0 Å². The van der Waals surface area contributed by atoms with Gasteiger partial charge in [-0.15, -0.1) is 0 Å². The maximum atomic E-state index is 12.6. The van der Waals surface area contributed by atoms with Crippen molar-refractivity contribution in [3.8, 4) is 0 Å². The van der Waals surface area contributed by atoms with Crippen LogP contribution in [0, 0.1) is 0 Å². The number of esters is 2. The van der Waals surface area contributed by atoms with E-state index in [9.17, 15) is 19.0 Å². The second-order valence-corrected chi connectivity index (χ2v) is 16.0. The predicted molar refractivity (Wildman–Crippen MR) is 251 cm³/mol. The van der Waals surface area contributed by atoms with E-state index < -0.39 is 32.5 Å². The van der Waals surface area contributed by atoms with Crippen molar-refractivity contribution in [3.05, 3.63) is 109 Å². The maximum absolute atomic E-state index is 12.6. The van der Waals surface area contributed by atoms with Gasteiger partial charge in [-0.3, -0.25) is 18.6 Å². The number of phosphoric acid groups is 1. The predicted octanol–water partition coefficient (Wildman–Crippen LogP) is 13.6. The molecular formula is C50H82NO8P. The number of allylic oxidation sites excluding steroid dienone is 18. The van der Waals surface area contributed by atoms with E-state index in [0.717, 1.165) is 96.3 Å². The number of nitrogens with two attached hydrogens (primary N) is 1. The van der Waals surface area contributed by atoms with Gasteiger partial charge in [-0.05, 0) is 83.5 Å². The van der Waals surface area contributed by atoms with Crippen molar-refractivity contribution >= 4 is 19.8 Å². The molecule has 0 aromatic carbocycles. The summed E-state index contributed by atoms with van der Waals surface area (Å²) < 4.78 is 32.6. The molecular weight excluding hydrogens is 774 g/mol. The van der Waals surface area contributed by atoms with Crippen molar-refractivity contribution < 1.29 is 37.6 Å². The summed E-state index contributed by atoms with van der Waals surface area (Å²) in [6, 6.07) is 0. The lowest BCUT2D eigenvalue weighted by Crippen LogP contribution is -2.29. The van der Waals surface area contributed by atoms with Crippen molar-refractivity contribution in [2.75, 3.05) is 26.4 Å². The highest BCUT2D eigenvalue weighted by molar-refractivity contribution is 7.47. The lowest BCUT2D eigenvalue weighted by Gasteiger charge is -2.19. The Morgan fingerprint density at radius 2 is 0.917 bits per heavy atom. The molecule has 0 amide bonds. The molecule has 0 saturated carbocycles. The molecule has 0 radical (unpaired) electrons. The first-order valence-electron chi connectivity index (χ1n) is 22.9. The van der Waals surface area contributed by atoms with Gasteiger partial charge in [-0.25, -0.2) is 4.57 Å². The Balaban J connectivity index is 4.13. The van der Waals surface area contributed by atoms with Gasteiger partial charge >= 0.3 is 19.8 Å². The van der Waals surface area contributed by atoms with Crippen LogP contribution >= 0.6 is 7.82 Å². The smallest absolute Gasteiger partial charge is 0.462 e. The Bertz CT molecular complexity index is 1340. The second-order valence-electron chi connectivity index (χ2n) is 14.5. The SMILES string of the molecule is CC/C=C\C/C=C\C/C=C\C/C=C\C/C=C\C/C=C\C/C=C\C/C=C\C/C=C\CCCCCC(=O)OC(COC(=O)CCCCCCCCCC)COP(=O)(O)OCCN. The second kappa shape index (κ2) is 45.2. The van der Waals surface area contributed by atoms with E-state index in [4.69, 9.17) is 24.3 Å². The molecule has 9 nitrogen and oxygen atoms in total. The summed E-state index contributed by atoms with van der Waals surface area (Å²) in [4.78, 5) is 34.7. The van der Waals surface area contributed by atoms with Gasteiger partial charge in [0, 0.05) is 19.4 Å². The molecule has 60 heavy (non-hydrogen) atoms. The van der Waals surface area contributed by atoms with Crippen LogP contribution < -0.4 is 5.73 Å². The molecule has 2 unspecified atom stereocenters. The molecule has 0 bridgehead atoms. The van der Waals surface area contributed by atoms with Crippen LogP contribution in [0.2, 0.25) is 0 Å². The lowest BCUT2D eigenvalue weighted by atomic mass is 10.1. The molecule has 0 aliphatic rings. The molecule has 0 fully saturated rings. The number of hydrogen-bond donors (Lipinski definition) is 2. The van der Waals surface area contributed by atoms with Gasteiger partial charge in [0.15, 0.2) is 6.10 Å². The number of unbranched alkanes of at least 4 members (excludes halogenated alkanes) is 10. The summed E-state index contributed by atoms with van der Waals surface area (Å²) in [5, 5.41) is 0. The molecule has 0 aliphatic heterocycles. The Labute approximate surface area is 365 Å².